The number of carbonyl (C=O) groups is 1. The second-order valence-electron chi connectivity index (χ2n) is 7.61. The van der Waals surface area contributed by atoms with Crippen LogP contribution in [0.2, 0.25) is 5.02 Å². The van der Waals surface area contributed by atoms with Crippen LogP contribution in [0, 0.1) is 6.92 Å². The number of alkyl halides is 3. The Balaban J connectivity index is 1.98. The standard InChI is InChI=1S/C23H21Cl2F2N3O4/c1-4-33-19(31)11-18-21-28-29-22(23(25,26)27)30(21)16-9-8-13(24)10-15(16)20(34-18)14-6-5-7-17(32-3)12(14)2/h5-10,18,20H,4,11H2,1-3H3. The molecule has 2 unspecified atom stereocenters. The second-order valence-corrected chi connectivity index (χ2v) is 8.52. The van der Waals surface area contributed by atoms with Crippen LogP contribution in [0.4, 0.5) is 8.78 Å². The van der Waals surface area contributed by atoms with Gasteiger partial charge in [-0.3, -0.25) is 9.36 Å². The van der Waals surface area contributed by atoms with Crippen molar-refractivity contribution in [1.82, 2.24) is 14.8 Å². The molecule has 1 aliphatic rings. The van der Waals surface area contributed by atoms with E-state index in [4.69, 9.17) is 37.4 Å². The molecule has 0 fully saturated rings. The van der Waals surface area contributed by atoms with Crippen molar-refractivity contribution in [2.24, 2.45) is 0 Å². The van der Waals surface area contributed by atoms with Gasteiger partial charge in [0.2, 0.25) is 5.82 Å². The minimum atomic E-state index is -3.83. The summed E-state index contributed by atoms with van der Waals surface area (Å²) in [6.07, 6.45) is -2.15. The highest BCUT2D eigenvalue weighted by molar-refractivity contribution is 6.30. The van der Waals surface area contributed by atoms with Crippen LogP contribution in [0.15, 0.2) is 36.4 Å². The Morgan fingerprint density at radius 1 is 1.24 bits per heavy atom. The molecule has 0 N–H and O–H groups in total. The molecule has 0 radical (unpaired) electrons. The minimum absolute atomic E-state index is 0.00463. The predicted molar refractivity (Wildman–Crippen MR) is 121 cm³/mol. The highest BCUT2D eigenvalue weighted by Gasteiger charge is 2.42. The van der Waals surface area contributed by atoms with Crippen LogP contribution < -0.4 is 4.74 Å². The van der Waals surface area contributed by atoms with Crippen molar-refractivity contribution in [2.75, 3.05) is 13.7 Å². The molecule has 7 nitrogen and oxygen atoms in total. The number of fused-ring (bicyclic) bond motifs is 3. The van der Waals surface area contributed by atoms with Crippen LogP contribution in [0.3, 0.4) is 0 Å². The third-order valence-electron chi connectivity index (χ3n) is 5.53. The van der Waals surface area contributed by atoms with Crippen LogP contribution in [0.25, 0.3) is 5.69 Å². The molecule has 2 atom stereocenters. The summed E-state index contributed by atoms with van der Waals surface area (Å²) in [7, 11) is 1.55. The smallest absolute Gasteiger partial charge is 0.382 e. The molecule has 2 heterocycles. The van der Waals surface area contributed by atoms with Gasteiger partial charge in [0.15, 0.2) is 5.82 Å². The minimum Gasteiger partial charge on any atom is -0.496 e. The van der Waals surface area contributed by atoms with Crippen molar-refractivity contribution in [1.29, 1.82) is 0 Å². The molecule has 0 amide bonds. The maximum atomic E-state index is 14.3. The average molecular weight is 512 g/mol. The quantitative estimate of drug-likeness (QED) is 0.315. The normalized spacial score (nSPS) is 17.5. The van der Waals surface area contributed by atoms with Crippen LogP contribution in [0.1, 0.15) is 53.9 Å². The number of hydrogen-bond acceptors (Lipinski definition) is 6. The number of ether oxygens (including phenoxy) is 3. The fraction of sp³-hybridized carbons (Fsp3) is 0.348. The Morgan fingerprint density at radius 2 is 2.00 bits per heavy atom. The van der Waals surface area contributed by atoms with E-state index in [-0.39, 0.29) is 18.9 Å². The van der Waals surface area contributed by atoms with Gasteiger partial charge < -0.3 is 14.2 Å². The van der Waals surface area contributed by atoms with Crippen LogP contribution in [0.5, 0.6) is 5.75 Å². The Morgan fingerprint density at radius 3 is 2.68 bits per heavy atom. The second kappa shape index (κ2) is 9.48. The summed E-state index contributed by atoms with van der Waals surface area (Å²) < 4.78 is 46.7. The molecule has 34 heavy (non-hydrogen) atoms. The Hall–Kier alpha value is -2.75. The summed E-state index contributed by atoms with van der Waals surface area (Å²) in [5.41, 5.74) is 2.25. The Kier molecular flexibility index (Phi) is 6.80. The molecule has 4 rings (SSSR count). The molecule has 180 valence electrons. The van der Waals surface area contributed by atoms with Crippen molar-refractivity contribution >= 4 is 29.2 Å². The summed E-state index contributed by atoms with van der Waals surface area (Å²) in [5, 5.41) is 4.10. The molecule has 3 aromatic rings. The molecule has 0 saturated carbocycles. The van der Waals surface area contributed by atoms with E-state index in [9.17, 15) is 13.6 Å². The maximum Gasteiger partial charge on any atom is 0.382 e. The van der Waals surface area contributed by atoms with Gasteiger partial charge in [0, 0.05) is 10.6 Å². The molecule has 0 saturated heterocycles. The van der Waals surface area contributed by atoms with Crippen LogP contribution in [-0.2, 0) is 19.6 Å². The molecule has 2 aromatic carbocycles. The topological polar surface area (TPSA) is 75.5 Å². The van der Waals surface area contributed by atoms with Crippen molar-refractivity contribution in [2.45, 2.75) is 37.9 Å². The lowest BCUT2D eigenvalue weighted by molar-refractivity contribution is -0.147. The summed E-state index contributed by atoms with van der Waals surface area (Å²) in [6.45, 7) is 3.67. The van der Waals surface area contributed by atoms with Crippen LogP contribution >= 0.6 is 23.2 Å². The van der Waals surface area contributed by atoms with E-state index in [0.717, 1.165) is 10.1 Å². The Bertz CT molecular complexity index is 1230. The molecule has 0 bridgehead atoms. The fourth-order valence-electron chi connectivity index (χ4n) is 4.05. The molecular formula is C23H21Cl2F2N3O4. The van der Waals surface area contributed by atoms with Crippen molar-refractivity contribution in [3.63, 3.8) is 0 Å². The lowest BCUT2D eigenvalue weighted by atomic mass is 9.95. The summed E-state index contributed by atoms with van der Waals surface area (Å²) in [5.74, 6) is -0.766. The van der Waals surface area contributed by atoms with E-state index in [1.54, 1.807) is 44.4 Å². The van der Waals surface area contributed by atoms with E-state index in [0.29, 0.717) is 27.6 Å². The zero-order chi connectivity index (χ0) is 24.6. The van der Waals surface area contributed by atoms with Gasteiger partial charge in [-0.05, 0) is 60.8 Å². The van der Waals surface area contributed by atoms with E-state index >= 15 is 0 Å². The van der Waals surface area contributed by atoms with Crippen LogP contribution in [-0.4, -0.2) is 34.5 Å². The number of aromatic nitrogens is 3. The van der Waals surface area contributed by atoms with E-state index < -0.39 is 29.4 Å². The van der Waals surface area contributed by atoms with Crippen molar-refractivity contribution in [3.8, 4) is 11.4 Å². The van der Waals surface area contributed by atoms with Crippen molar-refractivity contribution in [3.05, 3.63) is 69.8 Å². The monoisotopic (exact) mass is 511 g/mol. The molecule has 11 heteroatoms. The van der Waals surface area contributed by atoms with Gasteiger partial charge >= 0.3 is 11.4 Å². The number of rotatable bonds is 6. The average Bonchev–Trinajstić information content (AvgIpc) is 3.18. The zero-order valence-corrected chi connectivity index (χ0v) is 20.0. The number of carbonyl (C=O) groups excluding carboxylic acids is 1. The largest absolute Gasteiger partial charge is 0.496 e. The number of benzene rings is 2. The fourth-order valence-corrected chi connectivity index (χ4v) is 4.35. The van der Waals surface area contributed by atoms with Gasteiger partial charge in [-0.2, -0.15) is 8.78 Å². The lowest BCUT2D eigenvalue weighted by Crippen LogP contribution is -2.18. The highest BCUT2D eigenvalue weighted by atomic mass is 35.5. The van der Waals surface area contributed by atoms with Gasteiger partial charge in [0.05, 0.1) is 25.8 Å². The first-order valence-corrected chi connectivity index (χ1v) is 11.2. The lowest BCUT2D eigenvalue weighted by Gasteiger charge is -2.24. The first-order valence-electron chi connectivity index (χ1n) is 10.4. The van der Waals surface area contributed by atoms with E-state index in [2.05, 4.69) is 10.2 Å². The van der Waals surface area contributed by atoms with Crippen molar-refractivity contribution < 1.29 is 27.8 Å². The number of esters is 1. The molecule has 0 aliphatic carbocycles. The molecule has 0 spiro atoms. The highest BCUT2D eigenvalue weighted by Crippen LogP contribution is 2.45. The Labute approximate surface area is 204 Å². The SMILES string of the molecule is CCOC(=O)CC1OC(c2cccc(OC)c2C)c2cc(Cl)ccc2-n2c1nnc2C(F)(F)Cl. The van der Waals surface area contributed by atoms with E-state index in [1.807, 2.05) is 13.0 Å². The third kappa shape index (κ3) is 4.47. The summed E-state index contributed by atoms with van der Waals surface area (Å²) in [4.78, 5) is 12.4. The first-order chi connectivity index (χ1) is 16.2. The van der Waals surface area contributed by atoms with Gasteiger partial charge in [-0.15, -0.1) is 10.2 Å². The predicted octanol–water partition coefficient (Wildman–Crippen LogP) is 5.64. The van der Waals surface area contributed by atoms with Gasteiger partial charge in [0.1, 0.15) is 18.0 Å². The first kappa shape index (κ1) is 24.4. The molecular weight excluding hydrogens is 491 g/mol. The third-order valence-corrected chi connectivity index (χ3v) is 5.93. The molecule has 1 aromatic heterocycles. The molecule has 1 aliphatic heterocycles. The van der Waals surface area contributed by atoms with E-state index in [1.165, 1.54) is 0 Å². The number of methoxy groups -OCH3 is 1. The summed E-state index contributed by atoms with van der Waals surface area (Å²) >= 11 is 11.7. The van der Waals surface area contributed by atoms with Gasteiger partial charge in [-0.1, -0.05) is 23.7 Å². The summed E-state index contributed by atoms with van der Waals surface area (Å²) in [6, 6.07) is 10.2. The maximum absolute atomic E-state index is 14.3. The number of hydrogen-bond donors (Lipinski definition) is 0. The number of nitrogens with zero attached hydrogens (tertiary/aromatic N) is 3. The van der Waals surface area contributed by atoms with Gasteiger partial charge in [0.25, 0.3) is 0 Å². The number of halogens is 4. The van der Waals surface area contributed by atoms with Gasteiger partial charge in [-0.25, -0.2) is 0 Å². The zero-order valence-electron chi connectivity index (χ0n) is 18.5.